The zero-order valence-electron chi connectivity index (χ0n) is 25.1. The molecule has 0 saturated carbocycles. The molecule has 1 heterocycles. The van der Waals surface area contributed by atoms with Crippen molar-refractivity contribution < 1.29 is 0 Å². The maximum absolute atomic E-state index is 4.58. The van der Waals surface area contributed by atoms with Crippen molar-refractivity contribution in [2.75, 3.05) is 0 Å². The zero-order valence-corrected chi connectivity index (χ0v) is 25.1. The van der Waals surface area contributed by atoms with Crippen molar-refractivity contribution in [3.63, 3.8) is 0 Å². The second kappa shape index (κ2) is 11.2. The van der Waals surface area contributed by atoms with E-state index in [0.717, 1.165) is 11.4 Å². The Morgan fingerprint density at radius 3 is 1.00 bits per heavy atom. The molecule has 0 N–H and O–H groups in total. The minimum Gasteiger partial charge on any atom is -0.240 e. The van der Waals surface area contributed by atoms with Crippen molar-refractivity contribution in [3.05, 3.63) is 131 Å². The van der Waals surface area contributed by atoms with Crippen molar-refractivity contribution in [1.82, 2.24) is 9.97 Å². The number of rotatable bonds is 4. The fourth-order valence-electron chi connectivity index (χ4n) is 4.52. The van der Waals surface area contributed by atoms with Gasteiger partial charge >= 0.3 is 0 Å². The molecule has 4 rings (SSSR count). The number of aromatic nitrogens is 2. The van der Waals surface area contributed by atoms with Gasteiger partial charge in [-0.2, -0.15) is 0 Å². The molecule has 0 atom stereocenters. The summed E-state index contributed by atoms with van der Waals surface area (Å²) in [7, 11) is 0. The third-order valence-electron chi connectivity index (χ3n) is 7.56. The molecule has 0 amide bonds. The van der Waals surface area contributed by atoms with Crippen molar-refractivity contribution >= 4 is 0 Å². The van der Waals surface area contributed by atoms with Gasteiger partial charge in [0, 0.05) is 10.8 Å². The SMILES string of the molecule is CC(C)(C)c1ccc(C(C)(C)C)cc1.CC(C)(c1ccccc1)c1cc(C(C)(C)c2ccccc2)ncn1. The highest BCUT2D eigenvalue weighted by Gasteiger charge is 2.29. The van der Waals surface area contributed by atoms with Crippen LogP contribution in [0.4, 0.5) is 0 Å². The summed E-state index contributed by atoms with van der Waals surface area (Å²) in [5, 5.41) is 0. The smallest absolute Gasteiger partial charge is 0.116 e. The second-order valence-corrected chi connectivity index (χ2v) is 13.3. The Kier molecular flexibility index (Phi) is 8.66. The molecule has 2 nitrogen and oxygen atoms in total. The molecule has 2 heteroatoms. The molecule has 0 radical (unpaired) electrons. The molecule has 3 aromatic carbocycles. The first kappa shape index (κ1) is 29.3. The lowest BCUT2D eigenvalue weighted by Crippen LogP contribution is -2.25. The van der Waals surface area contributed by atoms with Crippen LogP contribution in [-0.2, 0) is 21.7 Å². The normalized spacial score (nSPS) is 12.5. The monoisotopic (exact) mass is 506 g/mol. The number of hydrogen-bond donors (Lipinski definition) is 0. The van der Waals surface area contributed by atoms with Gasteiger partial charge in [0.1, 0.15) is 6.33 Å². The fraction of sp³-hybridized carbons (Fsp3) is 0.389. The first-order chi connectivity index (χ1) is 17.6. The molecular weight excluding hydrogens is 460 g/mol. The van der Waals surface area contributed by atoms with E-state index in [0.29, 0.717) is 0 Å². The number of benzene rings is 3. The highest BCUT2D eigenvalue weighted by atomic mass is 14.9. The summed E-state index contributed by atoms with van der Waals surface area (Å²) in [5.41, 5.74) is 7.62. The maximum atomic E-state index is 4.58. The molecule has 0 fully saturated rings. The van der Waals surface area contributed by atoms with Crippen molar-refractivity contribution in [1.29, 1.82) is 0 Å². The van der Waals surface area contributed by atoms with Crippen LogP contribution in [0.15, 0.2) is 97.3 Å². The van der Waals surface area contributed by atoms with Crippen LogP contribution in [-0.4, -0.2) is 9.97 Å². The number of nitrogens with zero attached hydrogens (tertiary/aromatic N) is 2. The quantitative estimate of drug-likeness (QED) is 0.275. The summed E-state index contributed by atoms with van der Waals surface area (Å²) in [4.78, 5) is 9.17. The maximum Gasteiger partial charge on any atom is 0.116 e. The lowest BCUT2D eigenvalue weighted by atomic mass is 9.77. The van der Waals surface area contributed by atoms with Gasteiger partial charge in [0.2, 0.25) is 0 Å². The van der Waals surface area contributed by atoms with Crippen molar-refractivity contribution in [3.8, 4) is 0 Å². The van der Waals surface area contributed by atoms with Gasteiger partial charge in [-0.25, -0.2) is 9.97 Å². The van der Waals surface area contributed by atoms with E-state index in [9.17, 15) is 0 Å². The Morgan fingerprint density at radius 1 is 0.395 bits per heavy atom. The summed E-state index contributed by atoms with van der Waals surface area (Å²) in [6, 6.07) is 32.2. The Balaban J connectivity index is 0.000000244. The molecule has 0 aliphatic heterocycles. The van der Waals surface area contributed by atoms with E-state index in [-0.39, 0.29) is 21.7 Å². The van der Waals surface area contributed by atoms with Gasteiger partial charge < -0.3 is 0 Å². The summed E-state index contributed by atoms with van der Waals surface area (Å²) in [6.07, 6.45) is 1.69. The van der Waals surface area contributed by atoms with Crippen LogP contribution < -0.4 is 0 Å². The Hall–Kier alpha value is -3.26. The topological polar surface area (TPSA) is 25.8 Å². The van der Waals surface area contributed by atoms with E-state index in [1.807, 2.05) is 12.1 Å². The predicted octanol–water partition coefficient (Wildman–Crippen LogP) is 9.41. The minimum atomic E-state index is -0.161. The third kappa shape index (κ3) is 6.98. The van der Waals surface area contributed by atoms with Gasteiger partial charge in [-0.3, -0.25) is 0 Å². The van der Waals surface area contributed by atoms with Gasteiger partial charge in [-0.15, -0.1) is 0 Å². The molecule has 1 aromatic heterocycles. The molecule has 4 aromatic rings. The van der Waals surface area contributed by atoms with Gasteiger partial charge in [0.15, 0.2) is 0 Å². The van der Waals surface area contributed by atoms with Gasteiger partial charge in [0.05, 0.1) is 11.4 Å². The van der Waals surface area contributed by atoms with Crippen molar-refractivity contribution in [2.24, 2.45) is 0 Å². The first-order valence-electron chi connectivity index (χ1n) is 13.7. The van der Waals surface area contributed by atoms with Crippen LogP contribution in [0, 0.1) is 0 Å². The largest absolute Gasteiger partial charge is 0.240 e. The molecule has 0 aliphatic rings. The zero-order chi connectivity index (χ0) is 28.2. The van der Waals surface area contributed by atoms with Gasteiger partial charge in [-0.1, -0.05) is 154 Å². The van der Waals surface area contributed by atoms with Gasteiger partial charge in [0.25, 0.3) is 0 Å². The van der Waals surface area contributed by atoms with E-state index in [1.54, 1.807) is 6.33 Å². The summed E-state index contributed by atoms with van der Waals surface area (Å²) < 4.78 is 0. The van der Waals surface area contributed by atoms with Crippen LogP contribution in [0.5, 0.6) is 0 Å². The van der Waals surface area contributed by atoms with Crippen LogP contribution in [0.2, 0.25) is 0 Å². The molecule has 0 unspecified atom stereocenters. The Labute approximate surface area is 231 Å². The lowest BCUT2D eigenvalue weighted by molar-refractivity contribution is 0.577. The van der Waals surface area contributed by atoms with Crippen LogP contribution >= 0.6 is 0 Å². The van der Waals surface area contributed by atoms with E-state index in [4.69, 9.17) is 0 Å². The van der Waals surface area contributed by atoms with E-state index < -0.39 is 0 Å². The van der Waals surface area contributed by atoms with E-state index in [1.165, 1.54) is 22.3 Å². The second-order valence-electron chi connectivity index (χ2n) is 13.3. The molecule has 200 valence electrons. The standard InChI is InChI=1S/C22H24N2.C14H22/c1-21(2,17-11-7-5-8-12-17)19-15-20(24-16-23-19)22(3,4)18-13-9-6-10-14-18;1-13(2,3)11-7-9-12(10-8-11)14(4,5)6/h5-16H,1-4H3;7-10H,1-6H3. The first-order valence-corrected chi connectivity index (χ1v) is 13.7. The summed E-state index contributed by atoms with van der Waals surface area (Å²) in [5.74, 6) is 0. The molecule has 0 saturated heterocycles. The highest BCUT2D eigenvalue weighted by Crippen LogP contribution is 2.34. The third-order valence-corrected chi connectivity index (χ3v) is 7.56. The lowest BCUT2D eigenvalue weighted by Gasteiger charge is -2.29. The Morgan fingerprint density at radius 2 is 0.711 bits per heavy atom. The fourth-order valence-corrected chi connectivity index (χ4v) is 4.52. The molecule has 0 spiro atoms. The minimum absolute atomic E-state index is 0.161. The highest BCUT2D eigenvalue weighted by molar-refractivity contribution is 5.38. The molecule has 0 aliphatic carbocycles. The molecule has 38 heavy (non-hydrogen) atoms. The molecule has 0 bridgehead atoms. The summed E-state index contributed by atoms with van der Waals surface area (Å²) in [6.45, 7) is 22.3. The van der Waals surface area contributed by atoms with Crippen molar-refractivity contribution in [2.45, 2.75) is 90.9 Å². The average molecular weight is 507 g/mol. The number of hydrogen-bond acceptors (Lipinski definition) is 2. The average Bonchev–Trinajstić information content (AvgIpc) is 2.89. The predicted molar refractivity (Wildman–Crippen MR) is 163 cm³/mol. The van der Waals surface area contributed by atoms with Crippen LogP contribution in [0.3, 0.4) is 0 Å². The van der Waals surface area contributed by atoms with Crippen LogP contribution in [0.25, 0.3) is 0 Å². The van der Waals surface area contributed by atoms with Crippen LogP contribution in [0.1, 0.15) is 103 Å². The van der Waals surface area contributed by atoms with E-state index >= 15 is 0 Å². The summed E-state index contributed by atoms with van der Waals surface area (Å²) >= 11 is 0. The molecular formula is C36H46N2. The Bertz CT molecular complexity index is 1190. The van der Waals surface area contributed by atoms with E-state index in [2.05, 4.69) is 158 Å². The van der Waals surface area contributed by atoms with Gasteiger partial charge in [-0.05, 0) is 39.2 Å².